The summed E-state index contributed by atoms with van der Waals surface area (Å²) in [4.78, 5) is 15.8. The van der Waals surface area contributed by atoms with Crippen LogP contribution in [0.25, 0.3) is 10.2 Å². The number of aromatic nitrogens is 1. The topological polar surface area (TPSA) is 51.2 Å². The Morgan fingerprint density at radius 3 is 2.86 bits per heavy atom. The number of nitrogens with one attached hydrogen (secondary N) is 1. The Kier molecular flexibility index (Phi) is 3.48. The number of carbonyl (C=O) groups excluding carboxylic acids is 1. The number of nitrogens with zero attached hydrogens (tertiary/aromatic N) is 1. The van der Waals surface area contributed by atoms with Crippen LogP contribution in [0.15, 0.2) is 18.2 Å². The fourth-order valence-electron chi connectivity index (χ4n) is 1.91. The van der Waals surface area contributed by atoms with Gasteiger partial charge in [0.05, 0.1) is 10.2 Å². The number of hydrogen-bond acceptors (Lipinski definition) is 4. The molecule has 0 saturated heterocycles. The number of thiazole rings is 1. The van der Waals surface area contributed by atoms with Gasteiger partial charge in [0.25, 0.3) is 0 Å². The predicted octanol–water partition coefficient (Wildman–Crippen LogP) is 3.93. The molecule has 3 rings (SSSR count). The summed E-state index contributed by atoms with van der Waals surface area (Å²) in [7, 11) is 0. The van der Waals surface area contributed by atoms with Gasteiger partial charge in [-0.3, -0.25) is 4.79 Å². The van der Waals surface area contributed by atoms with E-state index < -0.39 is 6.36 Å². The van der Waals surface area contributed by atoms with E-state index in [9.17, 15) is 18.0 Å². The number of amides is 1. The second-order valence-electron chi connectivity index (χ2n) is 4.89. The summed E-state index contributed by atoms with van der Waals surface area (Å²) in [5, 5.41) is 3.06. The number of rotatable bonds is 4. The molecular formula is C13H11F3N2O2S. The number of alkyl halides is 3. The first kappa shape index (κ1) is 14.1. The summed E-state index contributed by atoms with van der Waals surface area (Å²) < 4.78 is 40.8. The number of ether oxygens (including phenoxy) is 1. The van der Waals surface area contributed by atoms with Gasteiger partial charge >= 0.3 is 6.36 Å². The van der Waals surface area contributed by atoms with Crippen molar-refractivity contribution in [3.8, 4) is 5.75 Å². The monoisotopic (exact) mass is 316 g/mol. The Bertz CT molecular complexity index is 680. The molecule has 21 heavy (non-hydrogen) atoms. The second-order valence-corrected chi connectivity index (χ2v) is 5.92. The lowest BCUT2D eigenvalue weighted by molar-refractivity contribution is -0.274. The van der Waals surface area contributed by atoms with Gasteiger partial charge < -0.3 is 10.1 Å². The number of benzene rings is 1. The molecule has 1 aromatic carbocycles. The number of anilines is 1. The van der Waals surface area contributed by atoms with Crippen LogP contribution in [-0.2, 0) is 4.79 Å². The molecule has 1 saturated carbocycles. The van der Waals surface area contributed by atoms with Crippen molar-refractivity contribution in [2.75, 3.05) is 5.32 Å². The molecule has 112 valence electrons. The van der Waals surface area contributed by atoms with Crippen molar-refractivity contribution in [2.24, 2.45) is 5.92 Å². The van der Waals surface area contributed by atoms with Crippen LogP contribution in [0.5, 0.6) is 5.75 Å². The molecule has 0 atom stereocenters. The molecule has 4 nitrogen and oxygen atoms in total. The van der Waals surface area contributed by atoms with E-state index in [-0.39, 0.29) is 11.7 Å². The minimum atomic E-state index is -4.72. The van der Waals surface area contributed by atoms with Crippen molar-refractivity contribution in [1.29, 1.82) is 0 Å². The normalized spacial score (nSPS) is 15.2. The van der Waals surface area contributed by atoms with Crippen molar-refractivity contribution in [1.82, 2.24) is 4.98 Å². The van der Waals surface area contributed by atoms with Crippen LogP contribution in [0.3, 0.4) is 0 Å². The maximum atomic E-state index is 12.2. The maximum Gasteiger partial charge on any atom is 0.573 e. The van der Waals surface area contributed by atoms with E-state index in [0.29, 0.717) is 27.7 Å². The third-order valence-electron chi connectivity index (χ3n) is 3.01. The van der Waals surface area contributed by atoms with E-state index in [2.05, 4.69) is 15.0 Å². The molecule has 0 unspecified atom stereocenters. The molecule has 1 aliphatic rings. The van der Waals surface area contributed by atoms with Crippen LogP contribution in [0.2, 0.25) is 0 Å². The Balaban J connectivity index is 1.74. The van der Waals surface area contributed by atoms with Gasteiger partial charge in [-0.05, 0) is 30.9 Å². The van der Waals surface area contributed by atoms with Gasteiger partial charge in [-0.2, -0.15) is 0 Å². The molecule has 1 N–H and O–H groups in total. The van der Waals surface area contributed by atoms with Crippen molar-refractivity contribution in [3.05, 3.63) is 18.2 Å². The first-order valence-electron chi connectivity index (χ1n) is 6.35. The molecule has 0 bridgehead atoms. The Morgan fingerprint density at radius 1 is 1.43 bits per heavy atom. The van der Waals surface area contributed by atoms with Gasteiger partial charge in [0.2, 0.25) is 5.91 Å². The summed E-state index contributed by atoms with van der Waals surface area (Å²) in [6.07, 6.45) is -2.10. The van der Waals surface area contributed by atoms with Crippen LogP contribution in [0, 0.1) is 5.92 Å². The van der Waals surface area contributed by atoms with Gasteiger partial charge in [0.15, 0.2) is 5.13 Å². The van der Waals surface area contributed by atoms with Crippen LogP contribution in [-0.4, -0.2) is 17.3 Å². The van der Waals surface area contributed by atoms with Crippen LogP contribution < -0.4 is 10.1 Å². The van der Waals surface area contributed by atoms with Crippen molar-refractivity contribution in [3.63, 3.8) is 0 Å². The maximum absolute atomic E-state index is 12.2. The Morgan fingerprint density at radius 2 is 2.19 bits per heavy atom. The lowest BCUT2D eigenvalue weighted by Crippen LogP contribution is -2.16. The largest absolute Gasteiger partial charge is 0.573 e. The Hall–Kier alpha value is -1.83. The predicted molar refractivity (Wildman–Crippen MR) is 72.3 cm³/mol. The van der Waals surface area contributed by atoms with Crippen LogP contribution in [0.1, 0.15) is 19.3 Å². The van der Waals surface area contributed by atoms with Crippen molar-refractivity contribution in [2.45, 2.75) is 25.6 Å². The van der Waals surface area contributed by atoms with E-state index >= 15 is 0 Å². The first-order chi connectivity index (χ1) is 9.89. The van der Waals surface area contributed by atoms with Gasteiger partial charge in [-0.1, -0.05) is 11.3 Å². The van der Waals surface area contributed by atoms with Gasteiger partial charge in [-0.25, -0.2) is 4.98 Å². The molecule has 1 heterocycles. The van der Waals surface area contributed by atoms with Crippen LogP contribution in [0.4, 0.5) is 18.3 Å². The number of hydrogen-bond donors (Lipinski definition) is 1. The molecule has 8 heteroatoms. The summed E-state index contributed by atoms with van der Waals surface area (Å²) >= 11 is 1.12. The standard InChI is InChI=1S/C13H11F3N2O2S/c14-13(15,16)20-8-3-4-9-10(6-8)21-12(17-9)18-11(19)5-7-1-2-7/h3-4,6-7H,1-2,5H2,(H,17,18,19). The van der Waals surface area contributed by atoms with Gasteiger partial charge in [0.1, 0.15) is 5.75 Å². The van der Waals surface area contributed by atoms with E-state index in [1.54, 1.807) is 0 Å². The SMILES string of the molecule is O=C(CC1CC1)Nc1nc2ccc(OC(F)(F)F)cc2s1. The zero-order valence-corrected chi connectivity index (χ0v) is 11.6. The molecule has 1 amide bonds. The highest BCUT2D eigenvalue weighted by molar-refractivity contribution is 7.22. The minimum Gasteiger partial charge on any atom is -0.406 e. The highest BCUT2D eigenvalue weighted by atomic mass is 32.1. The van der Waals surface area contributed by atoms with E-state index in [1.807, 2.05) is 0 Å². The third kappa shape index (κ3) is 3.84. The Labute approximate surface area is 121 Å². The molecule has 1 fully saturated rings. The quantitative estimate of drug-likeness (QED) is 0.929. The van der Waals surface area contributed by atoms with E-state index in [0.717, 1.165) is 24.2 Å². The van der Waals surface area contributed by atoms with Crippen molar-refractivity contribution >= 4 is 32.6 Å². The average Bonchev–Trinajstić information content (AvgIpc) is 3.05. The number of fused-ring (bicyclic) bond motifs is 1. The number of halogens is 3. The minimum absolute atomic E-state index is 0.108. The molecular weight excluding hydrogens is 305 g/mol. The first-order valence-corrected chi connectivity index (χ1v) is 7.17. The highest BCUT2D eigenvalue weighted by Crippen LogP contribution is 2.34. The van der Waals surface area contributed by atoms with E-state index in [1.165, 1.54) is 18.2 Å². The lowest BCUT2D eigenvalue weighted by atomic mass is 10.3. The van der Waals surface area contributed by atoms with Gasteiger partial charge in [0, 0.05) is 12.5 Å². The second kappa shape index (κ2) is 5.18. The van der Waals surface area contributed by atoms with Gasteiger partial charge in [-0.15, -0.1) is 13.2 Å². The zero-order valence-electron chi connectivity index (χ0n) is 10.7. The summed E-state index contributed by atoms with van der Waals surface area (Å²) in [6, 6.07) is 3.89. The molecule has 0 aliphatic heterocycles. The van der Waals surface area contributed by atoms with Crippen LogP contribution >= 0.6 is 11.3 Å². The molecule has 1 aromatic heterocycles. The number of carbonyl (C=O) groups is 1. The molecule has 1 aliphatic carbocycles. The molecule has 0 spiro atoms. The summed E-state index contributed by atoms with van der Waals surface area (Å²) in [6.45, 7) is 0. The summed E-state index contributed by atoms with van der Waals surface area (Å²) in [5.74, 6) is 0.0593. The lowest BCUT2D eigenvalue weighted by Gasteiger charge is -2.07. The smallest absolute Gasteiger partial charge is 0.406 e. The van der Waals surface area contributed by atoms with E-state index in [4.69, 9.17) is 0 Å². The fraction of sp³-hybridized carbons (Fsp3) is 0.385. The average molecular weight is 316 g/mol. The highest BCUT2D eigenvalue weighted by Gasteiger charge is 2.31. The third-order valence-corrected chi connectivity index (χ3v) is 3.94. The molecule has 0 radical (unpaired) electrons. The molecule has 2 aromatic rings. The zero-order chi connectivity index (χ0) is 15.0. The summed E-state index contributed by atoms with van der Waals surface area (Å²) in [5.41, 5.74) is 0.524. The fourth-order valence-corrected chi connectivity index (χ4v) is 2.82. The van der Waals surface area contributed by atoms with Crippen molar-refractivity contribution < 1.29 is 22.7 Å².